The van der Waals surface area contributed by atoms with E-state index in [1.54, 1.807) is 4.68 Å². The number of nitriles is 1. The van der Waals surface area contributed by atoms with Crippen molar-refractivity contribution in [3.8, 4) is 6.07 Å². The Balaban J connectivity index is 1.40. The van der Waals surface area contributed by atoms with E-state index in [0.29, 0.717) is 23.2 Å². The maximum absolute atomic E-state index is 13.3. The van der Waals surface area contributed by atoms with Gasteiger partial charge in [0.2, 0.25) is 0 Å². The van der Waals surface area contributed by atoms with Crippen LogP contribution >= 0.6 is 0 Å². The van der Waals surface area contributed by atoms with E-state index in [9.17, 15) is 14.4 Å². The number of pyridine rings is 1. The second-order valence-electron chi connectivity index (χ2n) is 9.07. The number of halogens is 1. The van der Waals surface area contributed by atoms with Crippen LogP contribution in [0, 0.1) is 17.1 Å². The van der Waals surface area contributed by atoms with Crippen molar-refractivity contribution in [2.75, 3.05) is 0 Å². The Morgan fingerprint density at radius 1 is 1.12 bits per heavy atom. The first-order valence-corrected chi connectivity index (χ1v) is 11.4. The Morgan fingerprint density at radius 3 is 2.50 bits per heavy atom. The van der Waals surface area contributed by atoms with E-state index < -0.39 is 11.4 Å². The quantitative estimate of drug-likeness (QED) is 0.487. The number of aromatic amines is 1. The number of nitrogens with one attached hydrogen (secondary N) is 1. The van der Waals surface area contributed by atoms with Gasteiger partial charge < -0.3 is 4.98 Å². The van der Waals surface area contributed by atoms with E-state index in [1.807, 2.05) is 31.3 Å². The van der Waals surface area contributed by atoms with Crippen molar-refractivity contribution in [1.82, 2.24) is 34.7 Å². The van der Waals surface area contributed by atoms with E-state index >= 15 is 0 Å². The van der Waals surface area contributed by atoms with Gasteiger partial charge in [-0.05, 0) is 44.2 Å². The summed E-state index contributed by atoms with van der Waals surface area (Å²) in [6, 6.07) is 5.81. The molecule has 4 aromatic rings. The molecule has 2 fully saturated rings. The highest BCUT2D eigenvalue weighted by atomic mass is 19.1. The van der Waals surface area contributed by atoms with Gasteiger partial charge in [-0.3, -0.25) is 9.78 Å². The van der Waals surface area contributed by atoms with E-state index in [1.165, 1.54) is 12.8 Å². The van der Waals surface area contributed by atoms with Gasteiger partial charge >= 0.3 is 0 Å². The fraction of sp³-hybridized carbons (Fsp3) is 0.375. The molecular formula is C24H21FN8O. The molecule has 2 aliphatic rings. The zero-order valence-electron chi connectivity index (χ0n) is 18.4. The van der Waals surface area contributed by atoms with Crippen LogP contribution in [0.4, 0.5) is 4.39 Å². The Morgan fingerprint density at radius 2 is 1.88 bits per heavy atom. The Labute approximate surface area is 193 Å². The lowest BCUT2D eigenvalue weighted by atomic mass is 9.72. The fourth-order valence-corrected chi connectivity index (χ4v) is 4.66. The molecule has 0 aliphatic heterocycles. The summed E-state index contributed by atoms with van der Waals surface area (Å²) in [6.07, 6.45) is 8.10. The van der Waals surface area contributed by atoms with Crippen LogP contribution in [-0.2, 0) is 0 Å². The summed E-state index contributed by atoms with van der Waals surface area (Å²) < 4.78 is 14.9. The second kappa shape index (κ2) is 7.80. The lowest BCUT2D eigenvalue weighted by Gasteiger charge is -2.34. The Kier molecular flexibility index (Phi) is 4.72. The van der Waals surface area contributed by atoms with Crippen molar-refractivity contribution in [3.63, 3.8) is 0 Å². The number of hydrogen-bond acceptors (Lipinski definition) is 7. The van der Waals surface area contributed by atoms with Crippen LogP contribution < -0.4 is 5.56 Å². The number of hydrogen-bond donors (Lipinski definition) is 1. The molecule has 2 aliphatic carbocycles. The minimum absolute atomic E-state index is 0.0386. The number of aromatic nitrogens is 7. The highest BCUT2D eigenvalue weighted by Gasteiger charge is 2.38. The normalized spacial score (nSPS) is 20.6. The van der Waals surface area contributed by atoms with Gasteiger partial charge in [-0.1, -0.05) is 6.07 Å². The maximum atomic E-state index is 13.3. The molecule has 2 saturated carbocycles. The number of nitrogens with zero attached hydrogens (tertiary/aromatic N) is 7. The molecule has 34 heavy (non-hydrogen) atoms. The largest absolute Gasteiger partial charge is 0.310 e. The van der Waals surface area contributed by atoms with Crippen LogP contribution in [0.25, 0.3) is 11.0 Å². The zero-order valence-corrected chi connectivity index (χ0v) is 18.4. The summed E-state index contributed by atoms with van der Waals surface area (Å²) in [4.78, 5) is 33.4. The smallest absolute Gasteiger partial charge is 0.263 e. The summed E-state index contributed by atoms with van der Waals surface area (Å²) in [5.74, 6) is 0.928. The summed E-state index contributed by atoms with van der Waals surface area (Å²) in [5.41, 5.74) is 2.01. The lowest BCUT2D eigenvalue weighted by Crippen LogP contribution is -2.28. The van der Waals surface area contributed by atoms with Gasteiger partial charge in [0, 0.05) is 29.6 Å². The summed E-state index contributed by atoms with van der Waals surface area (Å²) >= 11 is 0. The molecule has 9 nitrogen and oxygen atoms in total. The first-order valence-electron chi connectivity index (χ1n) is 11.4. The van der Waals surface area contributed by atoms with Crippen molar-refractivity contribution in [3.05, 3.63) is 75.5 Å². The fourth-order valence-electron chi connectivity index (χ4n) is 4.66. The van der Waals surface area contributed by atoms with Crippen molar-refractivity contribution in [2.45, 2.75) is 56.4 Å². The predicted molar refractivity (Wildman–Crippen MR) is 120 cm³/mol. The second-order valence-corrected chi connectivity index (χ2v) is 9.07. The molecule has 1 N–H and O–H groups in total. The molecule has 1 unspecified atom stereocenters. The molecule has 0 spiro atoms. The van der Waals surface area contributed by atoms with Gasteiger partial charge in [-0.15, -0.1) is 0 Å². The summed E-state index contributed by atoms with van der Waals surface area (Å²) in [5, 5.41) is 14.2. The van der Waals surface area contributed by atoms with Crippen LogP contribution in [0.3, 0.4) is 0 Å². The molecule has 0 bridgehead atoms. The van der Waals surface area contributed by atoms with E-state index in [2.05, 4.69) is 25.0 Å². The minimum atomic E-state index is -0.492. The molecule has 0 saturated heterocycles. The average molecular weight is 456 g/mol. The van der Waals surface area contributed by atoms with Gasteiger partial charge in [0.05, 0.1) is 18.4 Å². The summed E-state index contributed by atoms with van der Waals surface area (Å²) in [6.45, 7) is 1.95. The number of rotatable bonds is 5. The molecule has 3 atom stereocenters. The van der Waals surface area contributed by atoms with Crippen LogP contribution in [0.15, 0.2) is 35.5 Å². The van der Waals surface area contributed by atoms with Gasteiger partial charge in [0.15, 0.2) is 17.2 Å². The number of H-pyrrole nitrogens is 1. The first kappa shape index (κ1) is 20.6. The van der Waals surface area contributed by atoms with E-state index in [0.717, 1.165) is 36.5 Å². The molecular weight excluding hydrogens is 435 g/mol. The number of fused-ring (bicyclic) bond motifs is 1. The Bertz CT molecular complexity index is 1480. The molecule has 0 radical (unpaired) electrons. The third-order valence-electron chi connectivity index (χ3n) is 6.94. The SMILES string of the molecule is CC(c1ccc(C2CC2)nc1)n1nc(C#N)c2c(=O)[nH]c([C@H]3CC[C@@H]3c3ncc(F)cn3)nc21. The van der Waals surface area contributed by atoms with Gasteiger partial charge in [0.1, 0.15) is 23.1 Å². The molecule has 4 heterocycles. The standard InChI is InChI=1S/C24H21FN8O/c1-12(14-4-7-18(27-9-14)13-2-3-13)33-23-20(19(8-26)32-33)24(34)31-22(30-23)17-6-5-16(17)21-28-10-15(25)11-29-21/h4,7,9-13,16-17H,2-3,5-6H2,1H3,(H,30,31,34)/t12?,16-,17-/m0/s1. The van der Waals surface area contributed by atoms with Crippen LogP contribution in [0.5, 0.6) is 0 Å². The lowest BCUT2D eigenvalue weighted by molar-refractivity contribution is 0.318. The molecule has 4 aromatic heterocycles. The third kappa shape index (κ3) is 3.36. The zero-order chi connectivity index (χ0) is 23.4. The van der Waals surface area contributed by atoms with Crippen molar-refractivity contribution < 1.29 is 4.39 Å². The van der Waals surface area contributed by atoms with Crippen molar-refractivity contribution in [1.29, 1.82) is 5.26 Å². The maximum Gasteiger partial charge on any atom is 0.263 e. The third-order valence-corrected chi connectivity index (χ3v) is 6.94. The molecule has 10 heteroatoms. The van der Waals surface area contributed by atoms with Gasteiger partial charge in [-0.2, -0.15) is 10.4 Å². The highest BCUT2D eigenvalue weighted by Crippen LogP contribution is 2.46. The van der Waals surface area contributed by atoms with Crippen LogP contribution in [0.1, 0.15) is 85.0 Å². The topological polar surface area (TPSA) is 126 Å². The van der Waals surface area contributed by atoms with Crippen LogP contribution in [0.2, 0.25) is 0 Å². The van der Waals surface area contributed by atoms with Crippen LogP contribution in [-0.4, -0.2) is 34.7 Å². The highest BCUT2D eigenvalue weighted by molar-refractivity contribution is 5.80. The first-order chi connectivity index (χ1) is 16.5. The van der Waals surface area contributed by atoms with Crippen molar-refractivity contribution >= 4 is 11.0 Å². The Hall–Kier alpha value is -4.00. The van der Waals surface area contributed by atoms with Gasteiger partial charge in [0.25, 0.3) is 5.56 Å². The van der Waals surface area contributed by atoms with Crippen molar-refractivity contribution in [2.24, 2.45) is 0 Å². The minimum Gasteiger partial charge on any atom is -0.310 e. The van der Waals surface area contributed by atoms with E-state index in [4.69, 9.17) is 4.98 Å². The molecule has 6 rings (SSSR count). The van der Waals surface area contributed by atoms with Gasteiger partial charge in [-0.25, -0.2) is 24.0 Å². The summed E-state index contributed by atoms with van der Waals surface area (Å²) in [7, 11) is 0. The van der Waals surface area contributed by atoms with E-state index in [-0.39, 0.29) is 29.0 Å². The monoisotopic (exact) mass is 456 g/mol. The average Bonchev–Trinajstić information content (AvgIpc) is 3.60. The molecule has 0 aromatic carbocycles. The molecule has 170 valence electrons. The predicted octanol–water partition coefficient (Wildman–Crippen LogP) is 3.46. The molecule has 0 amide bonds.